The molecule has 1 atom stereocenters. The molecule has 1 aromatic rings. The summed E-state index contributed by atoms with van der Waals surface area (Å²) in [6, 6.07) is 7.72. The number of rotatable bonds is 4. The second-order valence-corrected chi connectivity index (χ2v) is 7.46. The number of hydrogen-bond donors (Lipinski definition) is 1. The van der Waals surface area contributed by atoms with E-state index in [-0.39, 0.29) is 28.3 Å². The van der Waals surface area contributed by atoms with Gasteiger partial charge in [0.1, 0.15) is 6.07 Å². The number of nitriles is 1. The van der Waals surface area contributed by atoms with Gasteiger partial charge in [-0.1, -0.05) is 12.1 Å². The molecule has 1 saturated carbocycles. The van der Waals surface area contributed by atoms with Gasteiger partial charge in [-0.25, -0.2) is 13.1 Å². The number of carbonyl (C=O) groups is 1. The van der Waals surface area contributed by atoms with Gasteiger partial charge in [0.25, 0.3) is 0 Å². The highest BCUT2D eigenvalue weighted by Gasteiger charge is 2.37. The Balaban J connectivity index is 1.70. The van der Waals surface area contributed by atoms with Crippen molar-refractivity contribution >= 4 is 15.9 Å². The van der Waals surface area contributed by atoms with Crippen LogP contribution in [-0.4, -0.2) is 38.4 Å². The van der Waals surface area contributed by atoms with E-state index in [0.29, 0.717) is 19.5 Å². The molecule has 1 saturated heterocycles. The standard InChI is InChI=1S/C15H17N3O3S/c16-9-12-3-1-2-4-14(12)22(20,21)17-13-7-8-18(10-13)15(19)11-5-6-11/h1-4,11,13,17H,5-8,10H2. The summed E-state index contributed by atoms with van der Waals surface area (Å²) in [5, 5.41) is 9.03. The number of sulfonamides is 1. The number of benzene rings is 1. The number of nitrogens with zero attached hydrogens (tertiary/aromatic N) is 2. The van der Waals surface area contributed by atoms with E-state index in [1.54, 1.807) is 17.0 Å². The molecule has 3 rings (SSSR count). The monoisotopic (exact) mass is 319 g/mol. The molecule has 1 unspecified atom stereocenters. The van der Waals surface area contributed by atoms with Crippen molar-refractivity contribution in [3.63, 3.8) is 0 Å². The minimum absolute atomic E-state index is 0.00975. The van der Waals surface area contributed by atoms with Crippen LogP contribution in [0.2, 0.25) is 0 Å². The summed E-state index contributed by atoms with van der Waals surface area (Å²) >= 11 is 0. The fourth-order valence-electron chi connectivity index (χ4n) is 2.72. The summed E-state index contributed by atoms with van der Waals surface area (Å²) in [7, 11) is -3.75. The predicted octanol–water partition coefficient (Wildman–Crippen LogP) is 0.847. The second kappa shape index (κ2) is 5.71. The normalized spacial score (nSPS) is 21.6. The number of amides is 1. The van der Waals surface area contributed by atoms with E-state index in [1.165, 1.54) is 12.1 Å². The molecule has 0 aromatic heterocycles. The minimum Gasteiger partial charge on any atom is -0.341 e. The molecule has 0 spiro atoms. The third-order valence-corrected chi connectivity index (χ3v) is 5.62. The number of likely N-dealkylation sites (tertiary alicyclic amines) is 1. The largest absolute Gasteiger partial charge is 0.341 e. The third kappa shape index (κ3) is 2.98. The van der Waals surface area contributed by atoms with Crippen molar-refractivity contribution < 1.29 is 13.2 Å². The Morgan fingerprint density at radius 2 is 2.00 bits per heavy atom. The van der Waals surface area contributed by atoms with Crippen LogP contribution in [-0.2, 0) is 14.8 Å². The van der Waals surface area contributed by atoms with Gasteiger partial charge in [0, 0.05) is 25.0 Å². The Kier molecular flexibility index (Phi) is 3.89. The van der Waals surface area contributed by atoms with E-state index in [2.05, 4.69) is 4.72 Å². The first kappa shape index (κ1) is 15.0. The molecule has 2 aliphatic rings. The highest BCUT2D eigenvalue weighted by atomic mass is 32.2. The molecule has 1 heterocycles. The Morgan fingerprint density at radius 3 is 2.68 bits per heavy atom. The van der Waals surface area contributed by atoms with Gasteiger partial charge in [0.2, 0.25) is 15.9 Å². The van der Waals surface area contributed by atoms with Crippen LogP contribution >= 0.6 is 0 Å². The zero-order valence-corrected chi connectivity index (χ0v) is 12.8. The molecule has 1 N–H and O–H groups in total. The summed E-state index contributed by atoms with van der Waals surface area (Å²) in [5.74, 6) is 0.286. The molecular formula is C15H17N3O3S. The van der Waals surface area contributed by atoms with Crippen molar-refractivity contribution in [2.45, 2.75) is 30.2 Å². The molecule has 22 heavy (non-hydrogen) atoms. The average Bonchev–Trinajstić information content (AvgIpc) is 3.26. The lowest BCUT2D eigenvalue weighted by atomic mass is 10.2. The van der Waals surface area contributed by atoms with Crippen LogP contribution in [0.3, 0.4) is 0 Å². The first-order chi connectivity index (χ1) is 10.5. The lowest BCUT2D eigenvalue weighted by Gasteiger charge is -2.17. The second-order valence-electron chi connectivity index (χ2n) is 5.77. The maximum Gasteiger partial charge on any atom is 0.242 e. The summed E-state index contributed by atoms with van der Waals surface area (Å²) in [6.45, 7) is 0.992. The summed E-state index contributed by atoms with van der Waals surface area (Å²) in [6.07, 6.45) is 2.49. The van der Waals surface area contributed by atoms with Gasteiger partial charge in [-0.3, -0.25) is 4.79 Å². The van der Waals surface area contributed by atoms with Crippen LogP contribution in [0, 0.1) is 17.2 Å². The van der Waals surface area contributed by atoms with Gasteiger partial charge < -0.3 is 4.90 Å². The number of hydrogen-bond acceptors (Lipinski definition) is 4. The van der Waals surface area contributed by atoms with E-state index in [1.807, 2.05) is 6.07 Å². The average molecular weight is 319 g/mol. The van der Waals surface area contributed by atoms with E-state index >= 15 is 0 Å². The van der Waals surface area contributed by atoms with Crippen LogP contribution in [0.1, 0.15) is 24.8 Å². The molecule has 0 bridgehead atoms. The van der Waals surface area contributed by atoms with Gasteiger partial charge in [-0.2, -0.15) is 5.26 Å². The quantitative estimate of drug-likeness (QED) is 0.890. The molecule has 7 heteroatoms. The van der Waals surface area contributed by atoms with Crippen LogP contribution in [0.15, 0.2) is 29.2 Å². The molecule has 116 valence electrons. The Labute approximate surface area is 129 Å². The van der Waals surface area contributed by atoms with Gasteiger partial charge in [0.05, 0.1) is 10.5 Å². The van der Waals surface area contributed by atoms with Crippen molar-refractivity contribution in [3.8, 4) is 6.07 Å². The summed E-state index contributed by atoms with van der Waals surface area (Å²) in [5.41, 5.74) is 0.124. The molecule has 1 aliphatic heterocycles. The summed E-state index contributed by atoms with van der Waals surface area (Å²) < 4.78 is 27.5. The number of nitrogens with one attached hydrogen (secondary N) is 1. The third-order valence-electron chi connectivity index (χ3n) is 4.05. The Bertz CT molecular complexity index is 735. The van der Waals surface area contributed by atoms with Crippen molar-refractivity contribution in [1.29, 1.82) is 5.26 Å². The molecule has 0 radical (unpaired) electrons. The topological polar surface area (TPSA) is 90.3 Å². The van der Waals surface area contributed by atoms with E-state index in [4.69, 9.17) is 5.26 Å². The maximum absolute atomic E-state index is 12.4. The Morgan fingerprint density at radius 1 is 1.27 bits per heavy atom. The predicted molar refractivity (Wildman–Crippen MR) is 79.2 cm³/mol. The van der Waals surface area contributed by atoms with E-state index < -0.39 is 10.0 Å². The van der Waals surface area contributed by atoms with Gasteiger partial charge in [0.15, 0.2) is 0 Å². The minimum atomic E-state index is -3.75. The van der Waals surface area contributed by atoms with Crippen molar-refractivity contribution in [3.05, 3.63) is 29.8 Å². The molecule has 6 nitrogen and oxygen atoms in total. The first-order valence-corrected chi connectivity index (χ1v) is 8.80. The highest BCUT2D eigenvalue weighted by Crippen LogP contribution is 2.32. The zero-order chi connectivity index (χ0) is 15.7. The molecule has 2 fully saturated rings. The molecule has 1 amide bonds. The number of carbonyl (C=O) groups excluding carboxylic acids is 1. The lowest BCUT2D eigenvalue weighted by Crippen LogP contribution is -2.39. The van der Waals surface area contributed by atoms with Crippen LogP contribution in [0.25, 0.3) is 0 Å². The zero-order valence-electron chi connectivity index (χ0n) is 12.0. The van der Waals surface area contributed by atoms with Crippen molar-refractivity contribution in [2.75, 3.05) is 13.1 Å². The van der Waals surface area contributed by atoms with Gasteiger partial charge in [-0.05, 0) is 31.4 Å². The van der Waals surface area contributed by atoms with Crippen molar-refractivity contribution in [1.82, 2.24) is 9.62 Å². The molecule has 1 aliphatic carbocycles. The first-order valence-electron chi connectivity index (χ1n) is 7.31. The SMILES string of the molecule is N#Cc1ccccc1S(=O)(=O)NC1CCN(C(=O)C2CC2)C1. The summed E-state index contributed by atoms with van der Waals surface area (Å²) in [4.78, 5) is 13.7. The van der Waals surface area contributed by atoms with E-state index in [9.17, 15) is 13.2 Å². The molecule has 1 aromatic carbocycles. The van der Waals surface area contributed by atoms with Gasteiger partial charge >= 0.3 is 0 Å². The Hall–Kier alpha value is -1.91. The lowest BCUT2D eigenvalue weighted by molar-refractivity contribution is -0.131. The van der Waals surface area contributed by atoms with Crippen LogP contribution < -0.4 is 4.72 Å². The smallest absolute Gasteiger partial charge is 0.242 e. The molecular weight excluding hydrogens is 302 g/mol. The van der Waals surface area contributed by atoms with Crippen LogP contribution in [0.5, 0.6) is 0 Å². The fraction of sp³-hybridized carbons (Fsp3) is 0.467. The van der Waals surface area contributed by atoms with Crippen LogP contribution in [0.4, 0.5) is 0 Å². The van der Waals surface area contributed by atoms with Gasteiger partial charge in [-0.15, -0.1) is 0 Å². The highest BCUT2D eigenvalue weighted by molar-refractivity contribution is 7.89. The fourth-order valence-corrected chi connectivity index (χ4v) is 4.14. The maximum atomic E-state index is 12.4. The van der Waals surface area contributed by atoms with Crippen molar-refractivity contribution in [2.24, 2.45) is 5.92 Å². The van der Waals surface area contributed by atoms with E-state index in [0.717, 1.165) is 12.8 Å².